The van der Waals surface area contributed by atoms with Crippen molar-refractivity contribution in [2.45, 2.75) is 65.0 Å². The van der Waals surface area contributed by atoms with E-state index in [0.29, 0.717) is 0 Å². The van der Waals surface area contributed by atoms with Gasteiger partial charge in [0.1, 0.15) is 0 Å². The van der Waals surface area contributed by atoms with Crippen molar-refractivity contribution in [3.05, 3.63) is 10.5 Å². The summed E-state index contributed by atoms with van der Waals surface area (Å²) in [5.41, 5.74) is 1.86. The molecule has 1 aliphatic carbocycles. The molecule has 0 amide bonds. The van der Waals surface area contributed by atoms with Gasteiger partial charge in [0.2, 0.25) is 0 Å². The van der Waals surface area contributed by atoms with Crippen LogP contribution >= 0.6 is 11.8 Å². The van der Waals surface area contributed by atoms with Crippen LogP contribution in [0.1, 0.15) is 59.8 Å². The largest absolute Gasteiger partial charge is 0.126 e. The van der Waals surface area contributed by atoms with Gasteiger partial charge in [-0.25, -0.2) is 0 Å². The van der Waals surface area contributed by atoms with E-state index in [4.69, 9.17) is 0 Å². The summed E-state index contributed by atoms with van der Waals surface area (Å²) in [6.45, 7) is 9.64. The maximum absolute atomic E-state index is 2.42. The molecule has 0 bridgehead atoms. The molecule has 0 saturated heterocycles. The minimum absolute atomic E-state index is 0.823. The van der Waals surface area contributed by atoms with E-state index in [2.05, 4.69) is 39.5 Å². The molecule has 0 saturated carbocycles. The number of rotatable bonds is 2. The zero-order valence-electron chi connectivity index (χ0n) is 11.3. The average Bonchev–Trinajstić information content (AvgIpc) is 2.43. The number of allylic oxidation sites excluding steroid dienone is 2. The van der Waals surface area contributed by atoms with Gasteiger partial charge in [-0.2, -0.15) is 0 Å². The first-order valence-electron chi connectivity index (χ1n) is 7.00. The molecule has 0 spiro atoms. The minimum Gasteiger partial charge on any atom is -0.126 e. The van der Waals surface area contributed by atoms with Crippen molar-refractivity contribution in [2.75, 3.05) is 0 Å². The molecular weight excluding hydrogens is 212 g/mol. The molecule has 92 valence electrons. The second-order valence-corrected chi connectivity index (χ2v) is 7.38. The smallest absolute Gasteiger partial charge is 0.0182 e. The molecule has 0 radical (unpaired) electrons. The molecule has 1 heteroatoms. The van der Waals surface area contributed by atoms with Gasteiger partial charge in [-0.15, -0.1) is 11.8 Å². The van der Waals surface area contributed by atoms with Crippen LogP contribution in [0, 0.1) is 17.8 Å². The maximum atomic E-state index is 2.42. The molecule has 0 nitrogen and oxygen atoms in total. The van der Waals surface area contributed by atoms with E-state index in [-0.39, 0.29) is 0 Å². The zero-order chi connectivity index (χ0) is 11.7. The first-order chi connectivity index (χ1) is 7.61. The summed E-state index contributed by atoms with van der Waals surface area (Å²) < 4.78 is 0. The molecule has 0 N–H and O–H groups in total. The maximum Gasteiger partial charge on any atom is 0.0182 e. The topological polar surface area (TPSA) is 0 Å². The third kappa shape index (κ3) is 2.34. The fraction of sp³-hybridized carbons (Fsp3) is 0.867. The van der Waals surface area contributed by atoms with Crippen molar-refractivity contribution in [2.24, 2.45) is 17.8 Å². The van der Waals surface area contributed by atoms with Gasteiger partial charge in [-0.3, -0.25) is 0 Å². The molecule has 0 aromatic rings. The molecule has 0 aromatic heterocycles. The molecule has 2 atom stereocenters. The van der Waals surface area contributed by atoms with Crippen LogP contribution in [0.25, 0.3) is 0 Å². The Bertz CT molecular complexity index is 275. The van der Waals surface area contributed by atoms with Crippen molar-refractivity contribution in [1.82, 2.24) is 0 Å². The van der Waals surface area contributed by atoms with Gasteiger partial charge >= 0.3 is 0 Å². The van der Waals surface area contributed by atoms with Crippen molar-refractivity contribution >= 4 is 11.8 Å². The van der Waals surface area contributed by atoms with Gasteiger partial charge in [-0.05, 0) is 48.3 Å². The van der Waals surface area contributed by atoms with E-state index in [9.17, 15) is 0 Å². The monoisotopic (exact) mass is 238 g/mol. The van der Waals surface area contributed by atoms with E-state index >= 15 is 0 Å². The highest BCUT2D eigenvalue weighted by atomic mass is 32.2. The summed E-state index contributed by atoms with van der Waals surface area (Å²) >= 11 is 2.23. The lowest BCUT2D eigenvalue weighted by Gasteiger charge is -2.28. The van der Waals surface area contributed by atoms with Gasteiger partial charge in [0.25, 0.3) is 0 Å². The first kappa shape index (κ1) is 12.5. The van der Waals surface area contributed by atoms with E-state index < -0.39 is 0 Å². The predicted octanol–water partition coefficient (Wildman–Crippen LogP) is 5.25. The second kappa shape index (κ2) is 5.16. The third-order valence-corrected chi connectivity index (χ3v) is 5.98. The average molecular weight is 238 g/mol. The van der Waals surface area contributed by atoms with Crippen LogP contribution in [0.15, 0.2) is 10.5 Å². The number of hydrogen-bond donors (Lipinski definition) is 0. The lowest BCUT2D eigenvalue weighted by Crippen LogP contribution is -2.25. The van der Waals surface area contributed by atoms with Crippen LogP contribution < -0.4 is 0 Å². The Hall–Kier alpha value is 0.0900. The Morgan fingerprint density at radius 3 is 2.25 bits per heavy atom. The molecule has 1 aliphatic heterocycles. The summed E-state index contributed by atoms with van der Waals surface area (Å²) in [7, 11) is 0. The Balaban J connectivity index is 2.22. The fourth-order valence-electron chi connectivity index (χ4n) is 3.33. The Morgan fingerprint density at radius 2 is 1.62 bits per heavy atom. The van der Waals surface area contributed by atoms with Gasteiger partial charge in [0, 0.05) is 5.25 Å². The van der Waals surface area contributed by atoms with Crippen LogP contribution in [0.3, 0.4) is 0 Å². The molecular formula is C15H26S. The normalized spacial score (nSPS) is 31.1. The summed E-state index contributed by atoms with van der Waals surface area (Å²) in [5, 5.41) is 0.864. The van der Waals surface area contributed by atoms with Crippen molar-refractivity contribution in [1.29, 1.82) is 0 Å². The van der Waals surface area contributed by atoms with Crippen LogP contribution in [0.2, 0.25) is 0 Å². The van der Waals surface area contributed by atoms with Crippen LogP contribution in [-0.4, -0.2) is 5.25 Å². The van der Waals surface area contributed by atoms with Crippen LogP contribution in [0.4, 0.5) is 0 Å². The molecule has 0 fully saturated rings. The molecule has 1 heterocycles. The summed E-state index contributed by atoms with van der Waals surface area (Å²) in [4.78, 5) is 1.79. The molecule has 16 heavy (non-hydrogen) atoms. The fourth-order valence-corrected chi connectivity index (χ4v) is 5.21. The summed E-state index contributed by atoms with van der Waals surface area (Å²) in [5.74, 6) is 2.52. The zero-order valence-corrected chi connectivity index (χ0v) is 12.1. The number of thioether (sulfide) groups is 1. The molecule has 2 unspecified atom stereocenters. The van der Waals surface area contributed by atoms with Crippen molar-refractivity contribution in [3.8, 4) is 0 Å². The number of hydrogen-bond acceptors (Lipinski definition) is 1. The van der Waals surface area contributed by atoms with Gasteiger partial charge in [0.15, 0.2) is 0 Å². The lowest BCUT2D eigenvalue weighted by molar-refractivity contribution is 0.373. The van der Waals surface area contributed by atoms with E-state index in [1.165, 1.54) is 32.1 Å². The summed E-state index contributed by atoms with van der Waals surface area (Å²) in [6.07, 6.45) is 7.10. The minimum atomic E-state index is 0.823. The molecule has 0 aromatic carbocycles. The lowest BCUT2D eigenvalue weighted by atomic mass is 9.80. The van der Waals surface area contributed by atoms with Crippen molar-refractivity contribution in [3.63, 3.8) is 0 Å². The van der Waals surface area contributed by atoms with E-state index in [1.54, 1.807) is 4.91 Å². The van der Waals surface area contributed by atoms with Crippen molar-refractivity contribution < 1.29 is 0 Å². The predicted molar refractivity (Wildman–Crippen MR) is 74.7 cm³/mol. The van der Waals surface area contributed by atoms with E-state index in [1.807, 2.05) is 5.57 Å². The van der Waals surface area contributed by atoms with Crippen LogP contribution in [0.5, 0.6) is 0 Å². The van der Waals surface area contributed by atoms with Gasteiger partial charge < -0.3 is 0 Å². The standard InChI is InChI=1S/C15H26S/c1-10(2)14-12-8-6-5-7-9-13(12)16-15(14)11(3)4/h10-11,14-15H,5-9H2,1-4H3. The quantitative estimate of drug-likeness (QED) is 0.633. The molecule has 2 aliphatic rings. The Labute approximate surface area is 105 Å². The Morgan fingerprint density at radius 1 is 0.938 bits per heavy atom. The van der Waals surface area contributed by atoms with Gasteiger partial charge in [0.05, 0.1) is 0 Å². The highest BCUT2D eigenvalue weighted by molar-refractivity contribution is 8.04. The summed E-state index contributed by atoms with van der Waals surface area (Å²) in [6, 6.07) is 0. The van der Waals surface area contributed by atoms with Crippen LogP contribution in [-0.2, 0) is 0 Å². The first-order valence-corrected chi connectivity index (χ1v) is 7.87. The highest BCUT2D eigenvalue weighted by Gasteiger charge is 2.38. The highest BCUT2D eigenvalue weighted by Crippen LogP contribution is 2.52. The van der Waals surface area contributed by atoms with E-state index in [0.717, 1.165) is 23.0 Å². The second-order valence-electron chi connectivity index (χ2n) is 6.11. The SMILES string of the molecule is CC(C)C1SC2=C(CCCCC2)C1C(C)C. The molecule has 2 rings (SSSR count). The Kier molecular flexibility index (Phi) is 4.05. The van der Waals surface area contributed by atoms with Gasteiger partial charge in [-0.1, -0.05) is 39.7 Å². The third-order valence-electron chi connectivity index (χ3n) is 4.12.